The Balaban J connectivity index is 2.04. The van der Waals surface area contributed by atoms with Crippen molar-refractivity contribution in [1.29, 1.82) is 0 Å². The molecule has 156 valence electrons. The molecule has 2 rings (SSSR count). The van der Waals surface area contributed by atoms with E-state index in [1.54, 1.807) is 12.1 Å². The second-order valence-corrected chi connectivity index (χ2v) is 8.33. The number of phenolic OH excluding ortho intramolecular Hbond substituents is 1. The first-order chi connectivity index (χ1) is 13.7. The van der Waals surface area contributed by atoms with Gasteiger partial charge in [-0.25, -0.2) is 0 Å². The van der Waals surface area contributed by atoms with Crippen molar-refractivity contribution in [2.24, 2.45) is 11.8 Å². The van der Waals surface area contributed by atoms with Gasteiger partial charge in [0.2, 0.25) is 11.8 Å². The van der Waals surface area contributed by atoms with E-state index in [2.05, 4.69) is 36.6 Å². The molecule has 0 aromatic heterocycles. The number of hydrogen-bond donors (Lipinski definition) is 3. The molecule has 0 spiro atoms. The van der Waals surface area contributed by atoms with Gasteiger partial charge in [-0.2, -0.15) is 0 Å². The predicted octanol–water partition coefficient (Wildman–Crippen LogP) is 4.47. The summed E-state index contributed by atoms with van der Waals surface area (Å²) in [6.45, 7) is 10.00. The minimum atomic E-state index is -0.654. The Kier molecular flexibility index (Phi) is 7.82. The number of anilines is 1. The van der Waals surface area contributed by atoms with Crippen LogP contribution < -0.4 is 10.6 Å². The molecular formula is C24H32N2O3. The molecule has 5 heteroatoms. The topological polar surface area (TPSA) is 78.4 Å². The summed E-state index contributed by atoms with van der Waals surface area (Å²) in [5, 5.41) is 15.1. The molecule has 2 aromatic carbocycles. The summed E-state index contributed by atoms with van der Waals surface area (Å²) in [7, 11) is 0. The van der Waals surface area contributed by atoms with E-state index in [-0.39, 0.29) is 29.4 Å². The van der Waals surface area contributed by atoms with E-state index < -0.39 is 6.04 Å². The molecular weight excluding hydrogens is 364 g/mol. The monoisotopic (exact) mass is 396 g/mol. The molecule has 5 nitrogen and oxygen atoms in total. The van der Waals surface area contributed by atoms with Gasteiger partial charge in [-0.05, 0) is 60.6 Å². The van der Waals surface area contributed by atoms with Crippen molar-refractivity contribution in [2.45, 2.75) is 53.0 Å². The summed E-state index contributed by atoms with van der Waals surface area (Å²) in [6.07, 6.45) is 1.01. The summed E-state index contributed by atoms with van der Waals surface area (Å²) in [5.74, 6) is -0.174. The van der Waals surface area contributed by atoms with Crippen LogP contribution in [0.5, 0.6) is 5.75 Å². The highest BCUT2D eigenvalue weighted by atomic mass is 16.3. The maximum Gasteiger partial charge on any atom is 0.247 e. The zero-order valence-electron chi connectivity index (χ0n) is 17.9. The van der Waals surface area contributed by atoms with E-state index in [0.29, 0.717) is 11.6 Å². The zero-order valence-corrected chi connectivity index (χ0v) is 17.9. The van der Waals surface area contributed by atoms with E-state index in [0.717, 1.165) is 12.0 Å². The Bertz CT molecular complexity index is 811. The van der Waals surface area contributed by atoms with Crippen molar-refractivity contribution in [2.75, 3.05) is 5.32 Å². The standard InChI is InChI=1S/C24H32N2O3/c1-15(2)14-18-6-8-19(9-7-18)17(5)23(28)26-22(16(3)4)24(29)25-20-10-12-21(27)13-11-20/h6-13,15-17,22,27H,14H2,1-5H3,(H,25,29)(H,26,28). The van der Waals surface area contributed by atoms with E-state index in [1.807, 2.05) is 32.9 Å². The van der Waals surface area contributed by atoms with Gasteiger partial charge in [0.25, 0.3) is 0 Å². The average Bonchev–Trinajstić information content (AvgIpc) is 2.67. The number of carbonyl (C=O) groups excluding carboxylic acids is 2. The van der Waals surface area contributed by atoms with E-state index in [9.17, 15) is 14.7 Å². The first-order valence-electron chi connectivity index (χ1n) is 10.2. The van der Waals surface area contributed by atoms with Crippen LogP contribution in [0.4, 0.5) is 5.69 Å². The SMILES string of the molecule is CC(C)Cc1ccc(C(C)C(=O)NC(C(=O)Nc2ccc(O)cc2)C(C)C)cc1. The van der Waals surface area contributed by atoms with E-state index in [4.69, 9.17) is 0 Å². The molecule has 29 heavy (non-hydrogen) atoms. The second kappa shape index (κ2) is 10.1. The van der Waals surface area contributed by atoms with Crippen molar-refractivity contribution < 1.29 is 14.7 Å². The number of benzene rings is 2. The summed E-state index contributed by atoms with van der Waals surface area (Å²) in [5.41, 5.74) is 2.75. The van der Waals surface area contributed by atoms with Gasteiger partial charge in [0.15, 0.2) is 0 Å². The lowest BCUT2D eigenvalue weighted by Gasteiger charge is -2.24. The minimum absolute atomic E-state index is 0.0725. The third-order valence-electron chi connectivity index (χ3n) is 4.90. The van der Waals surface area contributed by atoms with E-state index >= 15 is 0 Å². The molecule has 2 unspecified atom stereocenters. The van der Waals surface area contributed by atoms with Crippen LogP contribution >= 0.6 is 0 Å². The van der Waals surface area contributed by atoms with Gasteiger partial charge < -0.3 is 15.7 Å². The second-order valence-electron chi connectivity index (χ2n) is 8.33. The molecule has 2 aromatic rings. The number of aromatic hydroxyl groups is 1. The molecule has 3 N–H and O–H groups in total. The van der Waals surface area contributed by atoms with Gasteiger partial charge in [-0.15, -0.1) is 0 Å². The molecule has 0 bridgehead atoms. The molecule has 0 aliphatic heterocycles. The van der Waals surface area contributed by atoms with Crippen LogP contribution in [-0.4, -0.2) is 23.0 Å². The molecule has 0 saturated heterocycles. The number of rotatable bonds is 8. The Morgan fingerprint density at radius 1 is 0.862 bits per heavy atom. The van der Waals surface area contributed by atoms with Crippen molar-refractivity contribution in [3.8, 4) is 5.75 Å². The highest BCUT2D eigenvalue weighted by Crippen LogP contribution is 2.19. The number of hydrogen-bond acceptors (Lipinski definition) is 3. The highest BCUT2D eigenvalue weighted by molar-refractivity contribution is 5.98. The van der Waals surface area contributed by atoms with Crippen LogP contribution in [-0.2, 0) is 16.0 Å². The first-order valence-corrected chi connectivity index (χ1v) is 10.2. The van der Waals surface area contributed by atoms with Gasteiger partial charge in [0, 0.05) is 5.69 Å². The van der Waals surface area contributed by atoms with Crippen molar-refractivity contribution in [3.05, 3.63) is 59.7 Å². The fraction of sp³-hybridized carbons (Fsp3) is 0.417. The molecule has 0 heterocycles. The Labute approximate surface area is 173 Å². The number of phenols is 1. The Morgan fingerprint density at radius 2 is 1.45 bits per heavy atom. The fourth-order valence-electron chi connectivity index (χ4n) is 3.14. The van der Waals surface area contributed by atoms with Crippen molar-refractivity contribution in [1.82, 2.24) is 5.32 Å². The molecule has 2 amide bonds. The summed E-state index contributed by atoms with van der Waals surface area (Å²) >= 11 is 0. The highest BCUT2D eigenvalue weighted by Gasteiger charge is 2.27. The average molecular weight is 397 g/mol. The largest absolute Gasteiger partial charge is 0.508 e. The maximum absolute atomic E-state index is 12.8. The van der Waals surface area contributed by atoms with Crippen LogP contribution in [0.2, 0.25) is 0 Å². The first kappa shape index (κ1) is 22.5. The fourth-order valence-corrected chi connectivity index (χ4v) is 3.14. The minimum Gasteiger partial charge on any atom is -0.508 e. The molecule has 0 radical (unpaired) electrons. The van der Waals surface area contributed by atoms with Crippen LogP contribution in [0, 0.1) is 11.8 Å². The number of carbonyl (C=O) groups is 2. The maximum atomic E-state index is 12.8. The van der Waals surface area contributed by atoms with Crippen molar-refractivity contribution in [3.63, 3.8) is 0 Å². The Hall–Kier alpha value is -2.82. The molecule has 0 aliphatic rings. The van der Waals surface area contributed by atoms with Gasteiger partial charge in [0.1, 0.15) is 11.8 Å². The van der Waals surface area contributed by atoms with Crippen molar-refractivity contribution >= 4 is 17.5 Å². The lowest BCUT2D eigenvalue weighted by atomic mass is 9.95. The zero-order chi connectivity index (χ0) is 21.6. The number of nitrogens with one attached hydrogen (secondary N) is 2. The predicted molar refractivity (Wildman–Crippen MR) is 117 cm³/mol. The van der Waals surface area contributed by atoms with Gasteiger partial charge in [-0.1, -0.05) is 52.0 Å². The van der Waals surface area contributed by atoms with Crippen LogP contribution in [0.3, 0.4) is 0 Å². The third-order valence-corrected chi connectivity index (χ3v) is 4.90. The summed E-state index contributed by atoms with van der Waals surface area (Å²) in [4.78, 5) is 25.5. The lowest BCUT2D eigenvalue weighted by molar-refractivity contribution is -0.128. The lowest BCUT2D eigenvalue weighted by Crippen LogP contribution is -2.48. The van der Waals surface area contributed by atoms with Gasteiger partial charge in [-0.3, -0.25) is 9.59 Å². The van der Waals surface area contributed by atoms with Gasteiger partial charge in [0.05, 0.1) is 5.92 Å². The van der Waals surface area contributed by atoms with E-state index in [1.165, 1.54) is 17.7 Å². The van der Waals surface area contributed by atoms with Crippen LogP contribution in [0.15, 0.2) is 48.5 Å². The number of amides is 2. The summed E-state index contributed by atoms with van der Waals surface area (Å²) < 4.78 is 0. The summed E-state index contributed by atoms with van der Waals surface area (Å²) in [6, 6.07) is 13.7. The third kappa shape index (κ3) is 6.63. The van der Waals surface area contributed by atoms with Crippen LogP contribution in [0.1, 0.15) is 51.7 Å². The molecule has 0 fully saturated rings. The smallest absolute Gasteiger partial charge is 0.247 e. The molecule has 2 atom stereocenters. The molecule has 0 saturated carbocycles. The van der Waals surface area contributed by atoms with Gasteiger partial charge >= 0.3 is 0 Å². The quantitative estimate of drug-likeness (QED) is 0.576. The normalized spacial score (nSPS) is 13.2. The Morgan fingerprint density at radius 3 is 1.97 bits per heavy atom. The van der Waals surface area contributed by atoms with Crippen LogP contribution in [0.25, 0.3) is 0 Å². The molecule has 0 aliphatic carbocycles.